The molecule has 0 aromatic heterocycles. The summed E-state index contributed by atoms with van der Waals surface area (Å²) < 4.78 is 50.3. The molecule has 2 fully saturated rings. The van der Waals surface area contributed by atoms with Gasteiger partial charge in [0.25, 0.3) is 5.69 Å². The van der Waals surface area contributed by atoms with Crippen LogP contribution in [-0.2, 0) is 34.1 Å². The third kappa shape index (κ3) is 11.6. The van der Waals surface area contributed by atoms with Crippen molar-refractivity contribution in [3.63, 3.8) is 0 Å². The quantitative estimate of drug-likeness (QED) is 0.0302. The lowest BCUT2D eigenvalue weighted by Crippen LogP contribution is -2.70. The van der Waals surface area contributed by atoms with Gasteiger partial charge in [-0.25, -0.2) is 8.78 Å². The van der Waals surface area contributed by atoms with E-state index < -0.39 is 28.5 Å². The number of halogens is 2. The van der Waals surface area contributed by atoms with Crippen LogP contribution in [0.3, 0.4) is 0 Å². The summed E-state index contributed by atoms with van der Waals surface area (Å²) in [7, 11) is 0. The second kappa shape index (κ2) is 23.8. The number of carbonyl (C=O) groups is 1. The molecule has 1 aliphatic heterocycles. The first kappa shape index (κ1) is 50.4. The number of carbonyl (C=O) groups excluding carboxylic acids is 1. The predicted molar refractivity (Wildman–Crippen MR) is 262 cm³/mol. The van der Waals surface area contributed by atoms with Crippen molar-refractivity contribution in [2.24, 2.45) is 28.8 Å². The van der Waals surface area contributed by atoms with E-state index in [4.69, 9.17) is 24.2 Å². The fraction of sp³-hybridized carbons (Fsp3) is 0.464. The van der Waals surface area contributed by atoms with Gasteiger partial charge >= 0.3 is 0 Å². The summed E-state index contributed by atoms with van der Waals surface area (Å²) in [6, 6.07) is 23.6. The number of amides is 1. The van der Waals surface area contributed by atoms with Crippen molar-refractivity contribution in [1.82, 2.24) is 4.90 Å². The number of fused-ring (bicyclic) bond motifs is 2. The number of oxime groups is 1. The molecule has 2 saturated carbocycles. The van der Waals surface area contributed by atoms with Gasteiger partial charge in [0.1, 0.15) is 42.4 Å². The molecule has 0 bridgehead atoms. The molecule has 1 amide bonds. The monoisotopic (exact) mass is 961 g/mol. The Morgan fingerprint density at radius 2 is 1.64 bits per heavy atom. The molecule has 4 aromatic rings. The molecule has 0 radical (unpaired) electrons. The molecular formula is C56H65F2N3O9. The lowest BCUT2D eigenvalue weighted by atomic mass is 9.55. The van der Waals surface area contributed by atoms with E-state index in [0.29, 0.717) is 47.1 Å². The Hall–Kier alpha value is -5.96. The molecule has 3 aliphatic carbocycles. The number of hydrogen-bond acceptors (Lipinski definition) is 10. The Labute approximate surface area is 409 Å². The normalized spacial score (nSPS) is 23.2. The smallest absolute Gasteiger partial charge is 0.269 e. The van der Waals surface area contributed by atoms with Gasteiger partial charge < -0.3 is 34.2 Å². The third-order valence-electron chi connectivity index (χ3n) is 14.8. The largest absolute Gasteiger partial charge is 0.489 e. The highest BCUT2D eigenvalue weighted by atomic mass is 19.1. The van der Waals surface area contributed by atoms with Crippen LogP contribution in [0.5, 0.6) is 11.5 Å². The molecule has 0 spiro atoms. The lowest BCUT2D eigenvalue weighted by Gasteiger charge is -2.60. The minimum atomic E-state index is -1.53. The number of benzene rings is 4. The molecule has 12 nitrogen and oxygen atoms in total. The Morgan fingerprint density at radius 3 is 2.36 bits per heavy atom. The molecule has 70 heavy (non-hydrogen) atoms. The maximum Gasteiger partial charge on any atom is 0.269 e. The minimum Gasteiger partial charge on any atom is -0.489 e. The van der Waals surface area contributed by atoms with Gasteiger partial charge in [0.05, 0.1) is 23.2 Å². The first-order valence-corrected chi connectivity index (χ1v) is 25.0. The van der Waals surface area contributed by atoms with Crippen LogP contribution in [0.25, 0.3) is 0 Å². The summed E-state index contributed by atoms with van der Waals surface area (Å²) in [6.07, 6.45) is 13.7. The molecular weight excluding hydrogens is 897 g/mol. The summed E-state index contributed by atoms with van der Waals surface area (Å²) in [6.45, 7) is 4.34. The van der Waals surface area contributed by atoms with E-state index in [1.54, 1.807) is 54.6 Å². The average Bonchev–Trinajstić information content (AvgIpc) is 3.90. The molecule has 0 saturated heterocycles. The average molecular weight is 962 g/mol. The summed E-state index contributed by atoms with van der Waals surface area (Å²) in [5, 5.41) is 36.4. The van der Waals surface area contributed by atoms with Crippen LogP contribution in [-0.4, -0.2) is 63.3 Å². The number of nitro groups is 1. The first-order valence-electron chi connectivity index (χ1n) is 25.0. The Bertz CT molecular complexity index is 2480. The summed E-state index contributed by atoms with van der Waals surface area (Å²) in [4.78, 5) is 34.3. The number of aliphatic hydroxyl groups excluding tert-OH is 2. The fourth-order valence-corrected chi connectivity index (χ4v) is 11.3. The van der Waals surface area contributed by atoms with E-state index in [0.717, 1.165) is 74.5 Å². The van der Waals surface area contributed by atoms with Crippen LogP contribution in [0.2, 0.25) is 0 Å². The number of aliphatic hydroxyl groups is 2. The van der Waals surface area contributed by atoms with Crippen LogP contribution in [0.15, 0.2) is 120 Å². The van der Waals surface area contributed by atoms with Crippen LogP contribution in [0.4, 0.5) is 14.5 Å². The zero-order valence-electron chi connectivity index (χ0n) is 39.8. The zero-order valence-corrected chi connectivity index (χ0v) is 39.8. The Morgan fingerprint density at radius 1 is 0.914 bits per heavy atom. The van der Waals surface area contributed by atoms with E-state index >= 15 is 4.79 Å². The number of ether oxygens (including phenoxy) is 3. The van der Waals surface area contributed by atoms with Gasteiger partial charge in [-0.05, 0) is 115 Å². The van der Waals surface area contributed by atoms with Crippen LogP contribution >= 0.6 is 0 Å². The van der Waals surface area contributed by atoms with Gasteiger partial charge in [-0.2, -0.15) is 0 Å². The van der Waals surface area contributed by atoms with Crippen molar-refractivity contribution in [3.8, 4) is 11.5 Å². The predicted octanol–water partition coefficient (Wildman–Crippen LogP) is 11.3. The molecule has 1 heterocycles. The minimum absolute atomic E-state index is 0.00600. The van der Waals surface area contributed by atoms with Crippen molar-refractivity contribution < 1.29 is 47.8 Å². The van der Waals surface area contributed by atoms with Crippen LogP contribution in [0.1, 0.15) is 112 Å². The SMILES string of the molecule is C=CCO[C@@]12Oc3ccc(OCc4ccccc4F)cc3[C@H]3[C@H](CCCCO)[C@@H](CCCCO)C=C(C(=NOCc4ccc([N+](=O)[O-])cc4)C[C@@H]1N(Cc1ccc(F)cc1)C(=O)CCC1CCCC1)[C@H]32. The number of allylic oxidation sites excluding steroid dienone is 1. The van der Waals surface area contributed by atoms with Crippen molar-refractivity contribution >= 4 is 17.3 Å². The van der Waals surface area contributed by atoms with Gasteiger partial charge in [0.2, 0.25) is 11.7 Å². The zero-order chi connectivity index (χ0) is 49.0. The molecule has 372 valence electrons. The summed E-state index contributed by atoms with van der Waals surface area (Å²) in [5.41, 5.74) is 4.04. The van der Waals surface area contributed by atoms with Crippen molar-refractivity contribution in [1.29, 1.82) is 0 Å². The van der Waals surface area contributed by atoms with E-state index in [-0.39, 0.29) is 87.6 Å². The summed E-state index contributed by atoms with van der Waals surface area (Å²) in [5.74, 6) is -1.93. The second-order valence-corrected chi connectivity index (χ2v) is 19.2. The van der Waals surface area contributed by atoms with Crippen LogP contribution in [0, 0.1) is 45.4 Å². The molecule has 0 unspecified atom stereocenters. The molecule has 8 rings (SSSR count). The number of nitro benzene ring substituents is 1. The number of rotatable bonds is 24. The van der Waals surface area contributed by atoms with Crippen LogP contribution < -0.4 is 9.47 Å². The Kier molecular flexibility index (Phi) is 17.1. The van der Waals surface area contributed by atoms with Gasteiger partial charge in [-0.3, -0.25) is 14.9 Å². The van der Waals surface area contributed by atoms with Gasteiger partial charge in [0, 0.05) is 61.8 Å². The van der Waals surface area contributed by atoms with Crippen molar-refractivity contribution in [3.05, 3.63) is 159 Å². The molecule has 6 atom stereocenters. The lowest BCUT2D eigenvalue weighted by molar-refractivity contribution is -0.384. The number of nitrogens with zero attached hydrogens (tertiary/aromatic N) is 3. The van der Waals surface area contributed by atoms with Gasteiger partial charge in [-0.1, -0.05) is 86.2 Å². The number of unbranched alkanes of at least 4 members (excludes halogenated alkanes) is 2. The van der Waals surface area contributed by atoms with E-state index in [1.165, 1.54) is 30.3 Å². The highest BCUT2D eigenvalue weighted by Gasteiger charge is 2.65. The fourth-order valence-electron chi connectivity index (χ4n) is 11.3. The Balaban J connectivity index is 1.30. The second-order valence-electron chi connectivity index (χ2n) is 19.2. The molecule has 14 heteroatoms. The third-order valence-corrected chi connectivity index (χ3v) is 14.8. The molecule has 4 aliphatic rings. The van der Waals surface area contributed by atoms with Gasteiger partial charge in [-0.15, -0.1) is 6.58 Å². The topological polar surface area (TPSA) is 153 Å². The summed E-state index contributed by atoms with van der Waals surface area (Å²) >= 11 is 0. The number of non-ortho nitro benzene ring substituents is 1. The first-order chi connectivity index (χ1) is 34.1. The van der Waals surface area contributed by atoms with E-state index in [9.17, 15) is 29.1 Å². The van der Waals surface area contributed by atoms with Crippen molar-refractivity contribution in [2.75, 3.05) is 19.8 Å². The van der Waals surface area contributed by atoms with E-state index in [1.807, 2.05) is 17.0 Å². The molecule has 4 aromatic carbocycles. The number of hydrogen-bond donors (Lipinski definition) is 2. The standard InChI is InChI=1S/C56H65F2N3O9/c1-2-31-68-56-52(60(35-39-17-22-43(57)23-18-39)53(64)28-21-38-11-3-4-12-38)34-50(59-69-36-40-19-24-44(25-20-40)61(65)66)47-32-41(13-7-9-29-62)46(15-8-10-30-63)54(55(47)56)48-33-45(26-27-51(48)70-56)67-37-42-14-5-6-16-49(42)58/h2,5-6,14,16-20,22-27,32-33,38,41,46,52,54-55,62-63H,1,3-4,7-13,15,21,28-31,34-37H2/t41-,46+,52-,54+,55+,56+/m0/s1. The molecule has 2 N–H and O–H groups in total. The maximum absolute atomic E-state index is 15.2. The maximum atomic E-state index is 15.2. The highest BCUT2D eigenvalue weighted by molar-refractivity contribution is 6.03. The van der Waals surface area contributed by atoms with E-state index in [2.05, 4.69) is 12.7 Å². The highest BCUT2D eigenvalue weighted by Crippen LogP contribution is 2.62. The van der Waals surface area contributed by atoms with Crippen molar-refractivity contribution in [2.45, 2.75) is 121 Å². The van der Waals surface area contributed by atoms with Gasteiger partial charge in [0.15, 0.2) is 0 Å².